The third-order valence-electron chi connectivity index (χ3n) is 3.77. The Kier molecular flexibility index (Phi) is 6.37. The quantitative estimate of drug-likeness (QED) is 0.741. The van der Waals surface area contributed by atoms with Crippen LogP contribution in [0.15, 0.2) is 24.3 Å². The first-order valence-corrected chi connectivity index (χ1v) is 7.17. The summed E-state index contributed by atoms with van der Waals surface area (Å²) in [6, 6.07) is 8.82. The van der Waals surface area contributed by atoms with E-state index in [4.69, 9.17) is 0 Å². The van der Waals surface area contributed by atoms with Crippen molar-refractivity contribution in [3.63, 3.8) is 0 Å². The lowest BCUT2D eigenvalue weighted by Gasteiger charge is -2.34. The fourth-order valence-electron chi connectivity index (χ4n) is 2.46. The molecule has 1 rings (SSSR count). The molecule has 0 aromatic heterocycles. The Labute approximate surface area is 111 Å². The summed E-state index contributed by atoms with van der Waals surface area (Å²) in [6.07, 6.45) is 3.95. The highest BCUT2D eigenvalue weighted by Crippen LogP contribution is 2.29. The van der Waals surface area contributed by atoms with E-state index in [9.17, 15) is 5.11 Å². The zero-order valence-electron chi connectivity index (χ0n) is 12.0. The molecule has 0 fully saturated rings. The fraction of sp³-hybridized carbons (Fsp3) is 0.625. The third kappa shape index (κ3) is 3.56. The highest BCUT2D eigenvalue weighted by Gasteiger charge is 2.28. The van der Waals surface area contributed by atoms with Gasteiger partial charge in [-0.2, -0.15) is 0 Å². The van der Waals surface area contributed by atoms with Crippen molar-refractivity contribution in [2.45, 2.75) is 52.0 Å². The van der Waals surface area contributed by atoms with Crippen LogP contribution in [0, 0.1) is 0 Å². The number of aliphatic hydroxyl groups is 1. The van der Waals surface area contributed by atoms with Gasteiger partial charge in [-0.15, -0.1) is 0 Å². The minimum Gasteiger partial charge on any atom is -0.396 e. The SMILES string of the molecule is CCCNC(CC)(CCO)c1ccc(CC)cc1. The summed E-state index contributed by atoms with van der Waals surface area (Å²) in [4.78, 5) is 0. The summed E-state index contributed by atoms with van der Waals surface area (Å²) in [6.45, 7) is 7.74. The molecular formula is C16H27NO. The van der Waals surface area contributed by atoms with Gasteiger partial charge in [-0.25, -0.2) is 0 Å². The van der Waals surface area contributed by atoms with E-state index in [0.29, 0.717) is 0 Å². The summed E-state index contributed by atoms with van der Waals surface area (Å²) in [5.74, 6) is 0. The molecule has 0 bridgehead atoms. The first-order valence-electron chi connectivity index (χ1n) is 7.17. The lowest BCUT2D eigenvalue weighted by Crippen LogP contribution is -2.43. The largest absolute Gasteiger partial charge is 0.396 e. The Morgan fingerprint density at radius 3 is 2.22 bits per heavy atom. The maximum absolute atomic E-state index is 9.35. The second-order valence-electron chi connectivity index (χ2n) is 4.89. The Balaban J connectivity index is 2.98. The molecule has 0 aliphatic heterocycles. The number of nitrogens with one attached hydrogen (secondary N) is 1. The smallest absolute Gasteiger partial charge is 0.0453 e. The Morgan fingerprint density at radius 2 is 1.78 bits per heavy atom. The normalized spacial score (nSPS) is 14.4. The molecule has 0 spiro atoms. The summed E-state index contributed by atoms with van der Waals surface area (Å²) in [7, 11) is 0. The first kappa shape index (κ1) is 15.2. The predicted molar refractivity (Wildman–Crippen MR) is 77.8 cm³/mol. The molecule has 1 unspecified atom stereocenters. The molecule has 2 heteroatoms. The average Bonchev–Trinajstić information content (AvgIpc) is 2.44. The third-order valence-corrected chi connectivity index (χ3v) is 3.77. The van der Waals surface area contributed by atoms with Crippen LogP contribution in [0.2, 0.25) is 0 Å². The van der Waals surface area contributed by atoms with Gasteiger partial charge in [0, 0.05) is 12.1 Å². The number of hydrogen-bond acceptors (Lipinski definition) is 2. The zero-order valence-corrected chi connectivity index (χ0v) is 12.0. The van der Waals surface area contributed by atoms with Crippen molar-refractivity contribution in [2.75, 3.05) is 13.2 Å². The minimum atomic E-state index is -0.0724. The van der Waals surface area contributed by atoms with E-state index >= 15 is 0 Å². The zero-order chi connectivity index (χ0) is 13.4. The molecule has 2 nitrogen and oxygen atoms in total. The lowest BCUT2D eigenvalue weighted by molar-refractivity contribution is 0.204. The van der Waals surface area contributed by atoms with Crippen LogP contribution in [0.3, 0.4) is 0 Å². The number of benzene rings is 1. The maximum atomic E-state index is 9.35. The molecule has 2 N–H and O–H groups in total. The molecule has 0 aliphatic carbocycles. The monoisotopic (exact) mass is 249 g/mol. The molecular weight excluding hydrogens is 222 g/mol. The van der Waals surface area contributed by atoms with Crippen molar-refractivity contribution < 1.29 is 5.11 Å². The summed E-state index contributed by atoms with van der Waals surface area (Å²) >= 11 is 0. The topological polar surface area (TPSA) is 32.3 Å². The Hall–Kier alpha value is -0.860. The summed E-state index contributed by atoms with van der Waals surface area (Å²) in [5.41, 5.74) is 2.59. The minimum absolute atomic E-state index is 0.0724. The van der Waals surface area contributed by atoms with Gasteiger partial charge < -0.3 is 10.4 Å². The summed E-state index contributed by atoms with van der Waals surface area (Å²) < 4.78 is 0. The number of hydrogen-bond donors (Lipinski definition) is 2. The molecule has 102 valence electrons. The van der Waals surface area contributed by atoms with Crippen LogP contribution < -0.4 is 5.32 Å². The van der Waals surface area contributed by atoms with Gasteiger partial charge in [0.2, 0.25) is 0 Å². The second-order valence-corrected chi connectivity index (χ2v) is 4.89. The van der Waals surface area contributed by atoms with Crippen molar-refractivity contribution in [1.29, 1.82) is 0 Å². The highest BCUT2D eigenvalue weighted by atomic mass is 16.3. The van der Waals surface area contributed by atoms with Crippen LogP contribution in [0.5, 0.6) is 0 Å². The Bertz CT molecular complexity index is 333. The highest BCUT2D eigenvalue weighted by molar-refractivity contribution is 5.28. The van der Waals surface area contributed by atoms with Crippen LogP contribution in [0.1, 0.15) is 51.2 Å². The van der Waals surface area contributed by atoms with Gasteiger partial charge in [-0.05, 0) is 43.4 Å². The van der Waals surface area contributed by atoms with E-state index in [0.717, 1.165) is 32.2 Å². The van der Waals surface area contributed by atoms with Crippen LogP contribution in [0.4, 0.5) is 0 Å². The molecule has 0 saturated heterocycles. The molecule has 18 heavy (non-hydrogen) atoms. The Morgan fingerprint density at radius 1 is 1.11 bits per heavy atom. The molecule has 0 radical (unpaired) electrons. The van der Waals surface area contributed by atoms with E-state index in [1.165, 1.54) is 11.1 Å². The second kappa shape index (κ2) is 7.55. The van der Waals surface area contributed by atoms with Crippen LogP contribution in [0.25, 0.3) is 0 Å². The first-order chi connectivity index (χ1) is 8.72. The molecule has 1 atom stereocenters. The van der Waals surface area contributed by atoms with Gasteiger partial charge in [0.15, 0.2) is 0 Å². The van der Waals surface area contributed by atoms with Gasteiger partial charge in [0.05, 0.1) is 0 Å². The molecule has 1 aromatic carbocycles. The van der Waals surface area contributed by atoms with Gasteiger partial charge in [0.25, 0.3) is 0 Å². The van der Waals surface area contributed by atoms with Crippen LogP contribution in [-0.4, -0.2) is 18.3 Å². The van der Waals surface area contributed by atoms with E-state index in [2.05, 4.69) is 50.4 Å². The van der Waals surface area contributed by atoms with Gasteiger partial charge >= 0.3 is 0 Å². The molecule has 0 heterocycles. The van der Waals surface area contributed by atoms with E-state index in [1.54, 1.807) is 0 Å². The standard InChI is InChI=1S/C16H27NO/c1-4-12-17-16(6-3,11-13-18)15-9-7-14(5-2)8-10-15/h7-10,17-18H,4-6,11-13H2,1-3H3. The van der Waals surface area contributed by atoms with Crippen LogP contribution in [-0.2, 0) is 12.0 Å². The van der Waals surface area contributed by atoms with Gasteiger partial charge in [-0.1, -0.05) is 45.0 Å². The average molecular weight is 249 g/mol. The van der Waals surface area contributed by atoms with E-state index < -0.39 is 0 Å². The number of rotatable bonds is 8. The fourth-order valence-corrected chi connectivity index (χ4v) is 2.46. The molecule has 0 amide bonds. The van der Waals surface area contributed by atoms with Gasteiger partial charge in [-0.3, -0.25) is 0 Å². The van der Waals surface area contributed by atoms with Crippen molar-refractivity contribution in [3.8, 4) is 0 Å². The lowest BCUT2D eigenvalue weighted by atomic mass is 9.83. The number of aryl methyl sites for hydroxylation is 1. The maximum Gasteiger partial charge on any atom is 0.0453 e. The van der Waals surface area contributed by atoms with E-state index in [1.807, 2.05) is 0 Å². The van der Waals surface area contributed by atoms with Crippen molar-refractivity contribution >= 4 is 0 Å². The number of aliphatic hydroxyl groups excluding tert-OH is 1. The van der Waals surface area contributed by atoms with Crippen molar-refractivity contribution in [3.05, 3.63) is 35.4 Å². The molecule has 0 saturated carbocycles. The van der Waals surface area contributed by atoms with Crippen LogP contribution >= 0.6 is 0 Å². The molecule has 0 aliphatic rings. The predicted octanol–water partition coefficient (Wildman–Crippen LogP) is 3.24. The van der Waals surface area contributed by atoms with E-state index in [-0.39, 0.29) is 12.1 Å². The van der Waals surface area contributed by atoms with Gasteiger partial charge in [0.1, 0.15) is 0 Å². The molecule has 1 aromatic rings. The van der Waals surface area contributed by atoms with Crippen molar-refractivity contribution in [2.24, 2.45) is 0 Å². The van der Waals surface area contributed by atoms with Crippen molar-refractivity contribution in [1.82, 2.24) is 5.32 Å². The summed E-state index contributed by atoms with van der Waals surface area (Å²) in [5, 5.41) is 13.0.